The topological polar surface area (TPSA) is 127 Å². The fourth-order valence-electron chi connectivity index (χ4n) is 3.47. The molecule has 9 heteroatoms. The first-order valence-corrected chi connectivity index (χ1v) is 8.97. The summed E-state index contributed by atoms with van der Waals surface area (Å²) >= 11 is 0. The summed E-state index contributed by atoms with van der Waals surface area (Å²) in [5, 5.41) is 26.2. The average Bonchev–Trinajstić information content (AvgIpc) is 3.06. The minimum absolute atomic E-state index is 0.0944. The molecule has 0 unspecified atom stereocenters. The van der Waals surface area contributed by atoms with Crippen LogP contribution >= 0.6 is 0 Å². The number of benzene rings is 2. The molecule has 9 nitrogen and oxygen atoms in total. The van der Waals surface area contributed by atoms with Gasteiger partial charge in [-0.2, -0.15) is 0 Å². The van der Waals surface area contributed by atoms with Gasteiger partial charge in [-0.15, -0.1) is 20.4 Å². The molecule has 1 atom stereocenters. The van der Waals surface area contributed by atoms with E-state index in [1.54, 1.807) is 0 Å². The van der Waals surface area contributed by atoms with Gasteiger partial charge in [0.15, 0.2) is 12.2 Å². The molecule has 2 aromatic carbocycles. The summed E-state index contributed by atoms with van der Waals surface area (Å²) in [4.78, 5) is 23.7. The van der Waals surface area contributed by atoms with E-state index in [2.05, 4.69) is 25.7 Å². The van der Waals surface area contributed by atoms with Gasteiger partial charge >= 0.3 is 12.1 Å². The van der Waals surface area contributed by atoms with E-state index in [1.165, 1.54) is 0 Å². The predicted octanol–water partition coefficient (Wildman–Crippen LogP) is 1.80. The molecule has 0 fully saturated rings. The summed E-state index contributed by atoms with van der Waals surface area (Å²) in [5.74, 6) is -1.23. The van der Waals surface area contributed by atoms with Crippen LogP contribution in [0, 0.1) is 0 Å². The molecule has 0 aliphatic heterocycles. The molecule has 0 saturated carbocycles. The number of amides is 1. The Morgan fingerprint density at radius 2 is 1.59 bits per heavy atom. The van der Waals surface area contributed by atoms with Crippen LogP contribution in [0.3, 0.4) is 0 Å². The maximum Gasteiger partial charge on any atom is 0.407 e. The Hall–Kier alpha value is -3.88. The number of carbonyl (C=O) groups excluding carboxylic acids is 1. The molecule has 1 amide bonds. The van der Waals surface area contributed by atoms with Crippen molar-refractivity contribution in [3.8, 4) is 11.1 Å². The number of nitrogens with one attached hydrogen (secondary N) is 1. The van der Waals surface area contributed by atoms with Crippen LogP contribution in [0.4, 0.5) is 4.79 Å². The SMILES string of the molecule is O=C(N[C@@H](Cc1nncnn1)C(=O)O)OCC1c2ccccc2-c2ccccc21. The molecular weight excluding hydrogens is 374 g/mol. The highest BCUT2D eigenvalue weighted by molar-refractivity contribution is 5.81. The number of rotatable bonds is 6. The van der Waals surface area contributed by atoms with Gasteiger partial charge in [0.2, 0.25) is 0 Å². The fraction of sp³-hybridized carbons (Fsp3) is 0.200. The van der Waals surface area contributed by atoms with E-state index in [4.69, 9.17) is 4.74 Å². The number of hydrogen-bond donors (Lipinski definition) is 2. The molecule has 29 heavy (non-hydrogen) atoms. The van der Waals surface area contributed by atoms with Crippen molar-refractivity contribution in [1.82, 2.24) is 25.7 Å². The summed E-state index contributed by atoms with van der Waals surface area (Å²) in [6.45, 7) is 0.0944. The zero-order valence-corrected chi connectivity index (χ0v) is 15.2. The van der Waals surface area contributed by atoms with Crippen LogP contribution in [-0.2, 0) is 16.0 Å². The number of alkyl carbamates (subject to hydrolysis) is 1. The Balaban J connectivity index is 1.43. The van der Waals surface area contributed by atoms with Crippen LogP contribution in [0.2, 0.25) is 0 Å². The second-order valence-electron chi connectivity index (χ2n) is 6.53. The quantitative estimate of drug-likeness (QED) is 0.651. The summed E-state index contributed by atoms with van der Waals surface area (Å²) < 4.78 is 5.37. The number of fused-ring (bicyclic) bond motifs is 3. The number of ether oxygens (including phenoxy) is 1. The lowest BCUT2D eigenvalue weighted by Crippen LogP contribution is -2.43. The van der Waals surface area contributed by atoms with Gasteiger partial charge in [0.25, 0.3) is 0 Å². The van der Waals surface area contributed by atoms with Gasteiger partial charge in [0, 0.05) is 12.3 Å². The first-order chi connectivity index (χ1) is 14.1. The molecule has 1 aliphatic rings. The van der Waals surface area contributed by atoms with Crippen LogP contribution in [-0.4, -0.2) is 50.2 Å². The van der Waals surface area contributed by atoms with E-state index < -0.39 is 18.1 Å². The molecule has 0 bridgehead atoms. The third-order valence-corrected chi connectivity index (χ3v) is 4.77. The summed E-state index contributed by atoms with van der Waals surface area (Å²) in [6, 6.07) is 14.7. The standard InChI is InChI=1S/C20H17N5O4/c26-19(27)17(9-18-24-21-11-22-25-18)23-20(28)29-10-16-14-7-3-1-5-12(14)13-6-2-4-8-15(13)16/h1-8,11,16-17H,9-10H2,(H,23,28)(H,26,27)/t17-/m0/s1. The maximum atomic E-state index is 12.3. The van der Waals surface area contributed by atoms with E-state index in [0.717, 1.165) is 28.6 Å². The molecular formula is C20H17N5O4. The minimum atomic E-state index is -1.25. The number of carboxylic acid groups (broad SMARTS) is 1. The molecule has 1 heterocycles. The van der Waals surface area contributed by atoms with Gasteiger partial charge in [-0.25, -0.2) is 9.59 Å². The van der Waals surface area contributed by atoms with Crippen molar-refractivity contribution in [2.24, 2.45) is 0 Å². The molecule has 0 saturated heterocycles. The minimum Gasteiger partial charge on any atom is -0.480 e. The van der Waals surface area contributed by atoms with Gasteiger partial charge in [-0.1, -0.05) is 48.5 Å². The van der Waals surface area contributed by atoms with Crippen molar-refractivity contribution in [1.29, 1.82) is 0 Å². The number of hydrogen-bond acceptors (Lipinski definition) is 7. The second-order valence-corrected chi connectivity index (χ2v) is 6.53. The molecule has 1 aliphatic carbocycles. The first-order valence-electron chi connectivity index (χ1n) is 8.97. The largest absolute Gasteiger partial charge is 0.480 e. The van der Waals surface area contributed by atoms with Crippen LogP contribution in [0.15, 0.2) is 54.9 Å². The number of carboxylic acids is 1. The highest BCUT2D eigenvalue weighted by Gasteiger charge is 2.30. The number of aromatic nitrogens is 4. The van der Waals surface area contributed by atoms with Gasteiger partial charge in [-0.05, 0) is 22.3 Å². The third-order valence-electron chi connectivity index (χ3n) is 4.77. The van der Waals surface area contributed by atoms with Crippen molar-refractivity contribution in [2.45, 2.75) is 18.4 Å². The van der Waals surface area contributed by atoms with Crippen molar-refractivity contribution in [3.63, 3.8) is 0 Å². The van der Waals surface area contributed by atoms with Crippen molar-refractivity contribution < 1.29 is 19.4 Å². The number of nitrogens with zero attached hydrogens (tertiary/aromatic N) is 4. The average molecular weight is 391 g/mol. The molecule has 0 spiro atoms. The van der Waals surface area contributed by atoms with Crippen LogP contribution in [0.1, 0.15) is 22.9 Å². The number of aliphatic carboxylic acids is 1. The molecule has 146 valence electrons. The maximum absolute atomic E-state index is 12.3. The Morgan fingerprint density at radius 1 is 1.00 bits per heavy atom. The zero-order chi connectivity index (χ0) is 20.2. The van der Waals surface area contributed by atoms with Crippen LogP contribution in [0.25, 0.3) is 11.1 Å². The molecule has 1 aromatic heterocycles. The van der Waals surface area contributed by atoms with Crippen molar-refractivity contribution in [2.75, 3.05) is 6.61 Å². The van der Waals surface area contributed by atoms with E-state index >= 15 is 0 Å². The Labute approximate surface area is 165 Å². The van der Waals surface area contributed by atoms with E-state index in [-0.39, 0.29) is 24.8 Å². The Bertz CT molecular complexity index is 998. The lowest BCUT2D eigenvalue weighted by atomic mass is 9.98. The van der Waals surface area contributed by atoms with Gasteiger partial charge < -0.3 is 15.2 Å². The van der Waals surface area contributed by atoms with Crippen molar-refractivity contribution in [3.05, 3.63) is 71.8 Å². The lowest BCUT2D eigenvalue weighted by Gasteiger charge is -2.17. The fourth-order valence-corrected chi connectivity index (χ4v) is 3.47. The Kier molecular flexibility index (Phi) is 5.10. The van der Waals surface area contributed by atoms with Gasteiger partial charge in [-0.3, -0.25) is 0 Å². The molecule has 2 N–H and O–H groups in total. The second kappa shape index (κ2) is 8.01. The summed E-state index contributed by atoms with van der Waals surface area (Å²) in [7, 11) is 0. The lowest BCUT2D eigenvalue weighted by molar-refractivity contribution is -0.139. The van der Waals surface area contributed by atoms with Crippen LogP contribution < -0.4 is 5.32 Å². The number of carbonyl (C=O) groups is 2. The smallest absolute Gasteiger partial charge is 0.407 e. The highest BCUT2D eigenvalue weighted by Crippen LogP contribution is 2.44. The van der Waals surface area contributed by atoms with E-state index in [1.807, 2.05) is 48.5 Å². The molecule has 4 rings (SSSR count). The van der Waals surface area contributed by atoms with Gasteiger partial charge in [0.1, 0.15) is 12.6 Å². The Morgan fingerprint density at radius 3 is 2.17 bits per heavy atom. The van der Waals surface area contributed by atoms with E-state index in [9.17, 15) is 14.7 Å². The molecule has 0 radical (unpaired) electrons. The summed E-state index contributed by atoms with van der Waals surface area (Å²) in [5.41, 5.74) is 4.38. The highest BCUT2D eigenvalue weighted by atomic mass is 16.5. The monoisotopic (exact) mass is 391 g/mol. The first kappa shape index (κ1) is 18.5. The third kappa shape index (κ3) is 3.88. The van der Waals surface area contributed by atoms with E-state index in [0.29, 0.717) is 0 Å². The molecule has 3 aromatic rings. The summed E-state index contributed by atoms with van der Waals surface area (Å²) in [6.07, 6.45) is 0.162. The normalized spacial score (nSPS) is 13.2. The zero-order valence-electron chi connectivity index (χ0n) is 15.2. The predicted molar refractivity (Wildman–Crippen MR) is 101 cm³/mol. The van der Waals surface area contributed by atoms with Crippen LogP contribution in [0.5, 0.6) is 0 Å². The van der Waals surface area contributed by atoms with Crippen molar-refractivity contribution >= 4 is 12.1 Å². The van der Waals surface area contributed by atoms with Gasteiger partial charge in [0.05, 0.1) is 0 Å².